The summed E-state index contributed by atoms with van der Waals surface area (Å²) >= 11 is 0. The van der Waals surface area contributed by atoms with Gasteiger partial charge < -0.3 is 14.8 Å². The van der Waals surface area contributed by atoms with Crippen LogP contribution >= 0.6 is 0 Å². The summed E-state index contributed by atoms with van der Waals surface area (Å²) in [6.07, 6.45) is 0.597. The van der Waals surface area contributed by atoms with Crippen LogP contribution in [0.4, 0.5) is 0 Å². The molecule has 4 heteroatoms. The highest BCUT2D eigenvalue weighted by Crippen LogP contribution is 2.24. The zero-order valence-corrected chi connectivity index (χ0v) is 13.8. The molecule has 21 heavy (non-hydrogen) atoms. The molecule has 1 unspecified atom stereocenters. The van der Waals surface area contributed by atoms with Crippen LogP contribution in [-0.4, -0.2) is 31.8 Å². The summed E-state index contributed by atoms with van der Waals surface area (Å²) in [5, 5.41) is 3.14. The first-order chi connectivity index (χ1) is 9.99. The summed E-state index contributed by atoms with van der Waals surface area (Å²) in [5.41, 5.74) is 3.49. The van der Waals surface area contributed by atoms with Crippen LogP contribution in [0, 0.1) is 20.8 Å². The second kappa shape index (κ2) is 8.67. The number of carbonyl (C=O) groups excluding carboxylic acids is 1. The fourth-order valence-corrected chi connectivity index (χ4v) is 2.47. The molecule has 0 fully saturated rings. The first-order valence-corrected chi connectivity index (χ1v) is 7.60. The lowest BCUT2D eigenvalue weighted by Gasteiger charge is -2.18. The van der Waals surface area contributed by atoms with E-state index in [4.69, 9.17) is 9.47 Å². The minimum absolute atomic E-state index is 0.208. The molecule has 0 heterocycles. The van der Waals surface area contributed by atoms with Crippen LogP contribution < -0.4 is 10.1 Å². The fraction of sp³-hybridized carbons (Fsp3) is 0.588. The van der Waals surface area contributed by atoms with Gasteiger partial charge in [0.15, 0.2) is 0 Å². The van der Waals surface area contributed by atoms with Gasteiger partial charge in [-0.15, -0.1) is 0 Å². The molecule has 0 aromatic heterocycles. The van der Waals surface area contributed by atoms with Crippen LogP contribution in [0.25, 0.3) is 0 Å². The van der Waals surface area contributed by atoms with Gasteiger partial charge in [-0.2, -0.15) is 0 Å². The normalized spacial score (nSPS) is 12.0. The minimum Gasteiger partial charge on any atom is -0.493 e. The number of hydrogen-bond acceptors (Lipinski definition) is 4. The van der Waals surface area contributed by atoms with Crippen molar-refractivity contribution < 1.29 is 14.3 Å². The Morgan fingerprint density at radius 1 is 1.19 bits per heavy atom. The third kappa shape index (κ3) is 5.38. The van der Waals surface area contributed by atoms with Gasteiger partial charge in [-0.3, -0.25) is 4.79 Å². The number of aryl methyl sites for hydroxylation is 3. The summed E-state index contributed by atoms with van der Waals surface area (Å²) in [7, 11) is 0. The van der Waals surface area contributed by atoms with E-state index in [1.165, 1.54) is 5.56 Å². The third-order valence-electron chi connectivity index (χ3n) is 3.28. The van der Waals surface area contributed by atoms with Crippen LogP contribution in [0.5, 0.6) is 5.75 Å². The molecule has 0 aliphatic carbocycles. The standard InChI is InChI=1S/C17H27NO3/c1-6-18-15(17(19)20-7-2)8-9-21-16-13(4)10-12(3)11-14(16)5/h10-11,15,18H,6-9H2,1-5H3. The van der Waals surface area contributed by atoms with E-state index in [0.29, 0.717) is 19.6 Å². The number of benzene rings is 1. The summed E-state index contributed by atoms with van der Waals surface area (Å²) in [5.74, 6) is 0.708. The van der Waals surface area contributed by atoms with Gasteiger partial charge in [0.2, 0.25) is 0 Å². The maximum Gasteiger partial charge on any atom is 0.323 e. The summed E-state index contributed by atoms with van der Waals surface area (Å²) < 4.78 is 10.9. The predicted molar refractivity (Wildman–Crippen MR) is 84.9 cm³/mol. The lowest BCUT2D eigenvalue weighted by molar-refractivity contribution is -0.146. The molecular formula is C17H27NO3. The molecule has 0 amide bonds. The SMILES string of the molecule is CCNC(CCOc1c(C)cc(C)cc1C)C(=O)OCC. The van der Waals surface area contributed by atoms with E-state index in [1.54, 1.807) is 0 Å². The topological polar surface area (TPSA) is 47.6 Å². The molecule has 4 nitrogen and oxygen atoms in total. The smallest absolute Gasteiger partial charge is 0.323 e. The second-order valence-electron chi connectivity index (χ2n) is 5.23. The Hall–Kier alpha value is -1.55. The van der Waals surface area contributed by atoms with E-state index in [0.717, 1.165) is 23.4 Å². The van der Waals surface area contributed by atoms with E-state index in [-0.39, 0.29) is 12.0 Å². The van der Waals surface area contributed by atoms with Crippen LogP contribution in [-0.2, 0) is 9.53 Å². The van der Waals surface area contributed by atoms with Crippen molar-refractivity contribution in [3.63, 3.8) is 0 Å². The van der Waals surface area contributed by atoms with Gasteiger partial charge in [-0.1, -0.05) is 24.6 Å². The van der Waals surface area contributed by atoms with Crippen LogP contribution in [0.15, 0.2) is 12.1 Å². The molecule has 0 radical (unpaired) electrons. The Balaban J connectivity index is 2.60. The van der Waals surface area contributed by atoms with Crippen LogP contribution in [0.1, 0.15) is 37.0 Å². The quantitative estimate of drug-likeness (QED) is 0.749. The number of nitrogens with one attached hydrogen (secondary N) is 1. The van der Waals surface area contributed by atoms with Crippen molar-refractivity contribution in [1.82, 2.24) is 5.32 Å². The van der Waals surface area contributed by atoms with Gasteiger partial charge in [0, 0.05) is 6.42 Å². The summed E-state index contributed by atoms with van der Waals surface area (Å²) in [6, 6.07) is 3.91. The first kappa shape index (κ1) is 17.5. The molecule has 0 spiro atoms. The number of hydrogen-bond donors (Lipinski definition) is 1. The molecule has 0 aliphatic heterocycles. The Morgan fingerprint density at radius 2 is 1.81 bits per heavy atom. The maximum atomic E-state index is 11.8. The molecule has 1 N–H and O–H groups in total. The van der Waals surface area contributed by atoms with Crippen molar-refractivity contribution >= 4 is 5.97 Å². The monoisotopic (exact) mass is 293 g/mol. The Labute approximate surface area is 127 Å². The Bertz CT molecular complexity index is 448. The average Bonchev–Trinajstić information content (AvgIpc) is 2.40. The molecule has 0 aliphatic rings. The summed E-state index contributed by atoms with van der Waals surface area (Å²) in [4.78, 5) is 11.8. The van der Waals surface area contributed by atoms with Crippen molar-refractivity contribution in [1.29, 1.82) is 0 Å². The molecule has 0 saturated carbocycles. The van der Waals surface area contributed by atoms with Crippen molar-refractivity contribution in [3.05, 3.63) is 28.8 Å². The molecule has 0 saturated heterocycles. The molecule has 0 bridgehead atoms. The third-order valence-corrected chi connectivity index (χ3v) is 3.28. The van der Waals surface area contributed by atoms with Crippen LogP contribution in [0.2, 0.25) is 0 Å². The molecule has 1 aromatic rings. The van der Waals surface area contributed by atoms with Crippen LogP contribution in [0.3, 0.4) is 0 Å². The van der Waals surface area contributed by atoms with Gasteiger partial charge in [-0.25, -0.2) is 0 Å². The molecule has 1 atom stereocenters. The first-order valence-electron chi connectivity index (χ1n) is 7.60. The van der Waals surface area contributed by atoms with E-state index in [2.05, 4.69) is 24.4 Å². The van der Waals surface area contributed by atoms with Gasteiger partial charge in [0.1, 0.15) is 11.8 Å². The molecular weight excluding hydrogens is 266 g/mol. The predicted octanol–water partition coefficient (Wildman–Crippen LogP) is 2.92. The number of rotatable bonds is 8. The van der Waals surface area contributed by atoms with Gasteiger partial charge in [0.05, 0.1) is 13.2 Å². The van der Waals surface area contributed by atoms with E-state index >= 15 is 0 Å². The van der Waals surface area contributed by atoms with Gasteiger partial charge in [-0.05, 0) is 45.4 Å². The largest absolute Gasteiger partial charge is 0.493 e. The van der Waals surface area contributed by atoms with Gasteiger partial charge in [0.25, 0.3) is 0 Å². The van der Waals surface area contributed by atoms with E-state index < -0.39 is 0 Å². The number of likely N-dealkylation sites (N-methyl/N-ethyl adjacent to an activating group) is 1. The Kier molecular flexibility index (Phi) is 7.23. The van der Waals surface area contributed by atoms with Crippen molar-refractivity contribution in [2.24, 2.45) is 0 Å². The Morgan fingerprint density at radius 3 is 2.33 bits per heavy atom. The summed E-state index contributed by atoms with van der Waals surface area (Å²) in [6.45, 7) is 11.6. The average molecular weight is 293 g/mol. The highest BCUT2D eigenvalue weighted by molar-refractivity contribution is 5.75. The number of esters is 1. The highest BCUT2D eigenvalue weighted by Gasteiger charge is 2.18. The zero-order valence-electron chi connectivity index (χ0n) is 13.8. The molecule has 118 valence electrons. The van der Waals surface area contributed by atoms with E-state index in [1.807, 2.05) is 27.7 Å². The molecule has 1 aromatic carbocycles. The lowest BCUT2D eigenvalue weighted by Crippen LogP contribution is -2.39. The van der Waals surface area contributed by atoms with Crippen molar-refractivity contribution in [2.75, 3.05) is 19.8 Å². The van der Waals surface area contributed by atoms with Crippen molar-refractivity contribution in [2.45, 2.75) is 47.1 Å². The van der Waals surface area contributed by atoms with E-state index in [9.17, 15) is 4.79 Å². The number of carbonyl (C=O) groups is 1. The highest BCUT2D eigenvalue weighted by atomic mass is 16.5. The van der Waals surface area contributed by atoms with Gasteiger partial charge >= 0.3 is 5.97 Å². The number of ether oxygens (including phenoxy) is 2. The lowest BCUT2D eigenvalue weighted by atomic mass is 10.1. The zero-order chi connectivity index (χ0) is 15.8. The maximum absolute atomic E-state index is 11.8. The molecule has 1 rings (SSSR count). The minimum atomic E-state index is -0.305. The second-order valence-corrected chi connectivity index (χ2v) is 5.23. The fourth-order valence-electron chi connectivity index (χ4n) is 2.47. The van der Waals surface area contributed by atoms with Crippen molar-refractivity contribution in [3.8, 4) is 5.75 Å².